The Balaban J connectivity index is 1.50. The van der Waals surface area contributed by atoms with E-state index in [0.29, 0.717) is 11.9 Å². The maximum absolute atomic E-state index is 5.99. The van der Waals surface area contributed by atoms with Gasteiger partial charge in [0.15, 0.2) is 5.96 Å². The molecule has 1 unspecified atom stereocenters. The average molecular weight is 308 g/mol. The SMILES string of the molecule is NC(=NCC1CCCc2ccccc21)NCCc1ccccn1. The van der Waals surface area contributed by atoms with Gasteiger partial charge >= 0.3 is 0 Å². The molecule has 120 valence electrons. The van der Waals surface area contributed by atoms with Crippen LogP contribution in [-0.4, -0.2) is 24.0 Å². The molecule has 23 heavy (non-hydrogen) atoms. The summed E-state index contributed by atoms with van der Waals surface area (Å²) in [5.41, 5.74) is 9.98. The fraction of sp³-hybridized carbons (Fsp3) is 0.368. The van der Waals surface area contributed by atoms with Crippen LogP contribution in [0.25, 0.3) is 0 Å². The number of aryl methyl sites for hydroxylation is 1. The molecule has 0 spiro atoms. The van der Waals surface area contributed by atoms with Gasteiger partial charge < -0.3 is 11.1 Å². The van der Waals surface area contributed by atoms with Crippen molar-refractivity contribution in [1.82, 2.24) is 10.3 Å². The smallest absolute Gasteiger partial charge is 0.188 e. The van der Waals surface area contributed by atoms with Gasteiger partial charge in [0, 0.05) is 37.3 Å². The van der Waals surface area contributed by atoms with E-state index in [2.05, 4.69) is 39.6 Å². The van der Waals surface area contributed by atoms with Gasteiger partial charge in [0.2, 0.25) is 0 Å². The van der Waals surface area contributed by atoms with Crippen molar-refractivity contribution in [2.24, 2.45) is 10.7 Å². The van der Waals surface area contributed by atoms with Crippen molar-refractivity contribution in [2.45, 2.75) is 31.6 Å². The Morgan fingerprint density at radius 1 is 1.22 bits per heavy atom. The lowest BCUT2D eigenvalue weighted by Crippen LogP contribution is -2.34. The van der Waals surface area contributed by atoms with Crippen LogP contribution in [0.2, 0.25) is 0 Å². The minimum Gasteiger partial charge on any atom is -0.370 e. The summed E-state index contributed by atoms with van der Waals surface area (Å²) >= 11 is 0. The molecular weight excluding hydrogens is 284 g/mol. The molecular formula is C19H24N4. The summed E-state index contributed by atoms with van der Waals surface area (Å²) in [5, 5.41) is 3.18. The number of aliphatic imine (C=N–C) groups is 1. The third-order valence-corrected chi connectivity index (χ3v) is 4.39. The van der Waals surface area contributed by atoms with Crippen LogP contribution in [0, 0.1) is 0 Å². The number of benzene rings is 1. The van der Waals surface area contributed by atoms with E-state index in [-0.39, 0.29) is 0 Å². The van der Waals surface area contributed by atoms with Crippen LogP contribution in [0.15, 0.2) is 53.7 Å². The predicted octanol–water partition coefficient (Wildman–Crippen LogP) is 2.65. The quantitative estimate of drug-likeness (QED) is 0.659. The molecule has 0 saturated heterocycles. The zero-order valence-electron chi connectivity index (χ0n) is 13.4. The highest BCUT2D eigenvalue weighted by Gasteiger charge is 2.19. The molecule has 0 fully saturated rings. The summed E-state index contributed by atoms with van der Waals surface area (Å²) in [6, 6.07) is 14.7. The molecule has 1 aromatic heterocycles. The highest BCUT2D eigenvalue weighted by atomic mass is 15.1. The van der Waals surface area contributed by atoms with E-state index in [1.165, 1.54) is 30.4 Å². The Bertz CT molecular complexity index is 651. The second kappa shape index (κ2) is 7.77. The topological polar surface area (TPSA) is 63.3 Å². The van der Waals surface area contributed by atoms with E-state index in [0.717, 1.165) is 25.2 Å². The number of fused-ring (bicyclic) bond motifs is 1. The van der Waals surface area contributed by atoms with Crippen LogP contribution in [0.4, 0.5) is 0 Å². The first-order valence-corrected chi connectivity index (χ1v) is 8.34. The Morgan fingerprint density at radius 2 is 2.09 bits per heavy atom. The molecule has 4 heteroatoms. The summed E-state index contributed by atoms with van der Waals surface area (Å²) in [7, 11) is 0. The average Bonchev–Trinajstić information content (AvgIpc) is 2.61. The van der Waals surface area contributed by atoms with E-state index in [9.17, 15) is 0 Å². The van der Waals surface area contributed by atoms with Gasteiger partial charge in [-0.15, -0.1) is 0 Å². The van der Waals surface area contributed by atoms with Gasteiger partial charge in [-0.3, -0.25) is 9.98 Å². The molecule has 2 aromatic rings. The van der Waals surface area contributed by atoms with Crippen LogP contribution in [0.3, 0.4) is 0 Å². The number of hydrogen-bond acceptors (Lipinski definition) is 2. The van der Waals surface area contributed by atoms with Crippen molar-refractivity contribution in [1.29, 1.82) is 0 Å². The number of nitrogens with zero attached hydrogens (tertiary/aromatic N) is 2. The third-order valence-electron chi connectivity index (χ3n) is 4.39. The van der Waals surface area contributed by atoms with Crippen molar-refractivity contribution >= 4 is 5.96 Å². The van der Waals surface area contributed by atoms with Crippen molar-refractivity contribution in [3.05, 3.63) is 65.5 Å². The summed E-state index contributed by atoms with van der Waals surface area (Å²) < 4.78 is 0. The summed E-state index contributed by atoms with van der Waals surface area (Å²) in [4.78, 5) is 8.84. The molecule has 0 radical (unpaired) electrons. The van der Waals surface area contributed by atoms with Gasteiger partial charge in [-0.2, -0.15) is 0 Å². The lowest BCUT2D eigenvalue weighted by atomic mass is 9.83. The number of aromatic nitrogens is 1. The normalized spacial score (nSPS) is 17.6. The van der Waals surface area contributed by atoms with E-state index in [4.69, 9.17) is 5.73 Å². The molecule has 0 saturated carbocycles. The van der Waals surface area contributed by atoms with Crippen LogP contribution in [0.1, 0.15) is 35.6 Å². The van der Waals surface area contributed by atoms with Crippen molar-refractivity contribution < 1.29 is 0 Å². The van der Waals surface area contributed by atoms with Crippen molar-refractivity contribution in [3.63, 3.8) is 0 Å². The number of nitrogens with one attached hydrogen (secondary N) is 1. The van der Waals surface area contributed by atoms with Gasteiger partial charge in [-0.05, 0) is 42.5 Å². The number of guanidine groups is 1. The second-order valence-corrected chi connectivity index (χ2v) is 6.01. The van der Waals surface area contributed by atoms with Gasteiger partial charge in [0.05, 0.1) is 0 Å². The molecule has 1 heterocycles. The molecule has 1 aliphatic carbocycles. The number of pyridine rings is 1. The van der Waals surface area contributed by atoms with E-state index < -0.39 is 0 Å². The molecule has 1 aliphatic rings. The first-order valence-electron chi connectivity index (χ1n) is 8.34. The predicted molar refractivity (Wildman–Crippen MR) is 94.6 cm³/mol. The van der Waals surface area contributed by atoms with E-state index in [1.807, 2.05) is 24.4 Å². The maximum atomic E-state index is 5.99. The van der Waals surface area contributed by atoms with Crippen LogP contribution in [-0.2, 0) is 12.8 Å². The minimum absolute atomic E-state index is 0.496. The summed E-state index contributed by atoms with van der Waals surface area (Å²) in [6.45, 7) is 1.52. The molecule has 3 N–H and O–H groups in total. The molecule has 3 rings (SSSR count). The fourth-order valence-electron chi connectivity index (χ4n) is 3.17. The zero-order chi connectivity index (χ0) is 15.9. The third kappa shape index (κ3) is 4.31. The first-order chi connectivity index (χ1) is 11.3. The lowest BCUT2D eigenvalue weighted by molar-refractivity contribution is 0.560. The standard InChI is InChI=1S/C19H24N4/c20-19(22-13-11-17-9-3-4-12-21-17)23-14-16-8-5-7-15-6-1-2-10-18(15)16/h1-4,6,9-10,12,16H,5,7-8,11,13-14H2,(H3,20,22,23). The molecule has 0 bridgehead atoms. The summed E-state index contributed by atoms with van der Waals surface area (Å²) in [6.07, 6.45) is 6.29. The van der Waals surface area contributed by atoms with E-state index in [1.54, 1.807) is 0 Å². The van der Waals surface area contributed by atoms with Crippen LogP contribution in [0.5, 0.6) is 0 Å². The minimum atomic E-state index is 0.496. The van der Waals surface area contributed by atoms with E-state index >= 15 is 0 Å². The van der Waals surface area contributed by atoms with Crippen LogP contribution < -0.4 is 11.1 Å². The first kappa shape index (κ1) is 15.5. The zero-order valence-corrected chi connectivity index (χ0v) is 13.4. The highest BCUT2D eigenvalue weighted by Crippen LogP contribution is 2.31. The lowest BCUT2D eigenvalue weighted by Gasteiger charge is -2.24. The highest BCUT2D eigenvalue weighted by molar-refractivity contribution is 5.77. The second-order valence-electron chi connectivity index (χ2n) is 6.01. The fourth-order valence-corrected chi connectivity index (χ4v) is 3.17. The Hall–Kier alpha value is -2.36. The van der Waals surface area contributed by atoms with Crippen LogP contribution >= 0.6 is 0 Å². The molecule has 1 atom stereocenters. The molecule has 0 aliphatic heterocycles. The molecule has 4 nitrogen and oxygen atoms in total. The maximum Gasteiger partial charge on any atom is 0.188 e. The molecule has 0 amide bonds. The van der Waals surface area contributed by atoms with Crippen molar-refractivity contribution in [3.8, 4) is 0 Å². The van der Waals surface area contributed by atoms with Gasteiger partial charge in [-0.25, -0.2) is 0 Å². The molecule has 1 aromatic carbocycles. The Kier molecular flexibility index (Phi) is 5.25. The van der Waals surface area contributed by atoms with Gasteiger partial charge in [0.25, 0.3) is 0 Å². The summed E-state index contributed by atoms with van der Waals surface area (Å²) in [5.74, 6) is 1.03. The number of hydrogen-bond donors (Lipinski definition) is 2. The monoisotopic (exact) mass is 308 g/mol. The van der Waals surface area contributed by atoms with Gasteiger partial charge in [-0.1, -0.05) is 30.3 Å². The Morgan fingerprint density at radius 3 is 2.96 bits per heavy atom. The largest absolute Gasteiger partial charge is 0.370 e. The van der Waals surface area contributed by atoms with Crippen molar-refractivity contribution in [2.75, 3.05) is 13.1 Å². The Labute approximate surface area is 137 Å². The van der Waals surface area contributed by atoms with Gasteiger partial charge in [0.1, 0.15) is 0 Å². The number of rotatable bonds is 5. The number of nitrogens with two attached hydrogens (primary N) is 1.